The average Bonchev–Trinajstić information content (AvgIpc) is 3.06. The van der Waals surface area contributed by atoms with E-state index in [4.69, 9.17) is 0 Å². The molecule has 1 aliphatic heterocycles. The summed E-state index contributed by atoms with van der Waals surface area (Å²) in [5.74, 6) is 0.845. The van der Waals surface area contributed by atoms with Crippen LogP contribution in [0, 0.1) is 0 Å². The Morgan fingerprint density at radius 2 is 2.10 bits per heavy atom. The van der Waals surface area contributed by atoms with Crippen LogP contribution in [0.5, 0.6) is 0 Å². The number of aromatic nitrogens is 5. The van der Waals surface area contributed by atoms with Crippen LogP contribution < -0.4 is 4.90 Å². The van der Waals surface area contributed by atoms with Gasteiger partial charge in [0.2, 0.25) is 0 Å². The first kappa shape index (κ1) is 12.3. The van der Waals surface area contributed by atoms with Crippen LogP contribution >= 0.6 is 0 Å². The zero-order valence-electron chi connectivity index (χ0n) is 12.1. The molecule has 0 unspecified atom stereocenters. The number of rotatable bonds is 2. The van der Waals surface area contributed by atoms with E-state index in [-0.39, 0.29) is 0 Å². The molecule has 3 heterocycles. The first-order valence-corrected chi connectivity index (χ1v) is 7.21. The predicted octanol–water partition coefficient (Wildman–Crippen LogP) is 2.32. The van der Waals surface area contributed by atoms with Gasteiger partial charge in [0.1, 0.15) is 6.33 Å². The topological polar surface area (TPSA) is 59.7 Å². The fraction of sp³-hybridized carbons (Fsp3) is 0.333. The zero-order valence-corrected chi connectivity index (χ0v) is 12.1. The van der Waals surface area contributed by atoms with Gasteiger partial charge in [0.05, 0.1) is 0 Å². The highest BCUT2D eigenvalue weighted by molar-refractivity contribution is 5.87. The van der Waals surface area contributed by atoms with E-state index < -0.39 is 0 Å². The molecule has 2 aromatic heterocycles. The van der Waals surface area contributed by atoms with Gasteiger partial charge in [0.25, 0.3) is 0 Å². The molecule has 0 radical (unpaired) electrons. The van der Waals surface area contributed by atoms with Crippen molar-refractivity contribution in [3.63, 3.8) is 0 Å². The molecule has 0 saturated carbocycles. The largest absolute Gasteiger partial charge is 0.321 e. The van der Waals surface area contributed by atoms with Gasteiger partial charge in [-0.3, -0.25) is 0 Å². The van der Waals surface area contributed by atoms with Crippen LogP contribution in [-0.2, 0) is 13.0 Å². The molecule has 3 aromatic rings. The monoisotopic (exact) mass is 280 g/mol. The minimum absolute atomic E-state index is 0.354. The van der Waals surface area contributed by atoms with Crippen LogP contribution in [-0.4, -0.2) is 31.0 Å². The predicted molar refractivity (Wildman–Crippen MR) is 80.5 cm³/mol. The first-order valence-electron chi connectivity index (χ1n) is 7.21. The molecule has 0 bridgehead atoms. The molecule has 21 heavy (non-hydrogen) atoms. The van der Waals surface area contributed by atoms with E-state index in [2.05, 4.69) is 56.4 Å². The summed E-state index contributed by atoms with van der Waals surface area (Å²) in [6.45, 7) is 4.99. The number of anilines is 2. The van der Waals surface area contributed by atoms with E-state index in [1.54, 1.807) is 11.0 Å². The van der Waals surface area contributed by atoms with Crippen LogP contribution in [0.1, 0.15) is 19.4 Å². The Morgan fingerprint density at radius 3 is 2.95 bits per heavy atom. The summed E-state index contributed by atoms with van der Waals surface area (Å²) in [5.41, 5.74) is 4.11. The lowest BCUT2D eigenvalue weighted by molar-refractivity contribution is 0.641. The van der Waals surface area contributed by atoms with Crippen molar-refractivity contribution in [3.05, 3.63) is 36.2 Å². The maximum absolute atomic E-state index is 4.48. The number of hydrogen-bond acceptors (Lipinski definition) is 5. The molecule has 4 rings (SSSR count). The van der Waals surface area contributed by atoms with Crippen molar-refractivity contribution < 1.29 is 0 Å². The van der Waals surface area contributed by atoms with E-state index in [1.165, 1.54) is 11.3 Å². The summed E-state index contributed by atoms with van der Waals surface area (Å²) in [5, 5.41) is 8.45. The second-order valence-corrected chi connectivity index (χ2v) is 5.33. The normalized spacial score (nSPS) is 17.4. The Morgan fingerprint density at radius 1 is 1.24 bits per heavy atom. The van der Waals surface area contributed by atoms with Crippen LogP contribution in [0.4, 0.5) is 11.5 Å². The number of aryl methyl sites for hydroxylation is 1. The summed E-state index contributed by atoms with van der Waals surface area (Å²) in [7, 11) is 0. The Hall–Kier alpha value is -2.50. The van der Waals surface area contributed by atoms with E-state index >= 15 is 0 Å². The molecule has 6 nitrogen and oxygen atoms in total. The number of hydrogen-bond donors (Lipinski definition) is 0. The quantitative estimate of drug-likeness (QED) is 0.721. The summed E-state index contributed by atoms with van der Waals surface area (Å²) >= 11 is 0. The van der Waals surface area contributed by atoms with Crippen molar-refractivity contribution in [2.24, 2.45) is 0 Å². The molecule has 0 saturated heterocycles. The minimum Gasteiger partial charge on any atom is -0.321 e. The average molecular weight is 280 g/mol. The summed E-state index contributed by atoms with van der Waals surface area (Å²) in [6, 6.07) is 8.81. The number of fused-ring (bicyclic) bond motifs is 2. The Balaban J connectivity index is 1.93. The van der Waals surface area contributed by atoms with Crippen molar-refractivity contribution in [1.82, 2.24) is 25.0 Å². The molecular weight excluding hydrogens is 264 g/mol. The lowest BCUT2D eigenvalue weighted by Crippen LogP contribution is -2.25. The third-order valence-electron chi connectivity index (χ3n) is 4.02. The highest BCUT2D eigenvalue weighted by Crippen LogP contribution is 2.38. The van der Waals surface area contributed by atoms with Crippen molar-refractivity contribution in [2.75, 3.05) is 4.90 Å². The van der Waals surface area contributed by atoms with Gasteiger partial charge in [-0.15, -0.1) is 5.10 Å². The van der Waals surface area contributed by atoms with Crippen LogP contribution in [0.15, 0.2) is 30.6 Å². The van der Waals surface area contributed by atoms with E-state index in [1.807, 2.05) is 6.92 Å². The van der Waals surface area contributed by atoms with Gasteiger partial charge >= 0.3 is 0 Å². The Labute approximate surface area is 122 Å². The van der Waals surface area contributed by atoms with E-state index in [0.717, 1.165) is 29.9 Å². The molecule has 1 aliphatic rings. The Bertz CT molecular complexity index is 809. The van der Waals surface area contributed by atoms with Crippen molar-refractivity contribution in [2.45, 2.75) is 32.9 Å². The number of para-hydroxylation sites is 1. The fourth-order valence-electron chi connectivity index (χ4n) is 3.06. The van der Waals surface area contributed by atoms with E-state index in [9.17, 15) is 0 Å². The van der Waals surface area contributed by atoms with Gasteiger partial charge in [-0.25, -0.2) is 14.6 Å². The van der Waals surface area contributed by atoms with Crippen LogP contribution in [0.3, 0.4) is 0 Å². The molecule has 0 spiro atoms. The maximum Gasteiger partial charge on any atom is 0.183 e. The highest BCUT2D eigenvalue weighted by atomic mass is 15.4. The lowest BCUT2D eigenvalue weighted by atomic mass is 10.1. The van der Waals surface area contributed by atoms with Crippen LogP contribution in [0.2, 0.25) is 0 Å². The molecule has 0 aliphatic carbocycles. The third-order valence-corrected chi connectivity index (χ3v) is 4.02. The summed E-state index contributed by atoms with van der Waals surface area (Å²) < 4.78 is 1.80. The van der Waals surface area contributed by atoms with Crippen molar-refractivity contribution >= 4 is 22.7 Å². The van der Waals surface area contributed by atoms with Gasteiger partial charge in [0.15, 0.2) is 17.0 Å². The highest BCUT2D eigenvalue weighted by Gasteiger charge is 2.30. The van der Waals surface area contributed by atoms with Crippen molar-refractivity contribution in [3.8, 4) is 0 Å². The third kappa shape index (κ3) is 1.72. The zero-order chi connectivity index (χ0) is 14.4. The smallest absolute Gasteiger partial charge is 0.183 e. The standard InChI is InChI=1S/C15H16N6/c1-3-20-14-13(18-19-20)15(17-9-16-14)21-10(2)8-11-6-4-5-7-12(11)21/h4-7,9-10H,3,8H2,1-2H3/t10-/m0/s1. The molecule has 0 N–H and O–H groups in total. The maximum atomic E-state index is 4.48. The van der Waals surface area contributed by atoms with E-state index in [0.29, 0.717) is 6.04 Å². The fourth-order valence-corrected chi connectivity index (χ4v) is 3.06. The number of nitrogens with zero attached hydrogens (tertiary/aromatic N) is 6. The lowest BCUT2D eigenvalue weighted by Gasteiger charge is -2.23. The second-order valence-electron chi connectivity index (χ2n) is 5.33. The van der Waals surface area contributed by atoms with Crippen molar-refractivity contribution in [1.29, 1.82) is 0 Å². The van der Waals surface area contributed by atoms with Crippen LogP contribution in [0.25, 0.3) is 11.2 Å². The SMILES string of the molecule is CCn1nnc2c(N3c4ccccc4C[C@@H]3C)ncnc21. The molecule has 1 aromatic carbocycles. The molecule has 0 amide bonds. The summed E-state index contributed by atoms with van der Waals surface area (Å²) in [6.07, 6.45) is 2.62. The second kappa shape index (κ2) is 4.51. The number of benzene rings is 1. The molecular formula is C15H16N6. The minimum atomic E-state index is 0.354. The summed E-state index contributed by atoms with van der Waals surface area (Å²) in [4.78, 5) is 11.1. The molecule has 1 atom stereocenters. The van der Waals surface area contributed by atoms with Gasteiger partial charge in [-0.1, -0.05) is 23.4 Å². The van der Waals surface area contributed by atoms with Gasteiger partial charge in [0, 0.05) is 18.3 Å². The van der Waals surface area contributed by atoms with Gasteiger partial charge < -0.3 is 4.90 Å². The van der Waals surface area contributed by atoms with Gasteiger partial charge in [-0.05, 0) is 31.9 Å². The molecule has 0 fully saturated rings. The Kier molecular flexibility index (Phi) is 2.63. The first-order chi connectivity index (χ1) is 10.3. The molecule has 106 valence electrons. The molecule has 6 heteroatoms. The van der Waals surface area contributed by atoms with Gasteiger partial charge in [-0.2, -0.15) is 0 Å².